The number of hydrogen-bond acceptors (Lipinski definition) is 4. The largest absolute Gasteiger partial charge is 0.465 e. The first-order valence-corrected chi connectivity index (χ1v) is 7.69. The molecule has 106 valence electrons. The predicted molar refractivity (Wildman–Crippen MR) is 73.3 cm³/mol. The number of esters is 1. The first-order chi connectivity index (χ1) is 8.77. The van der Waals surface area contributed by atoms with Crippen molar-refractivity contribution in [3.8, 4) is 0 Å². The molecule has 0 saturated carbocycles. The highest BCUT2D eigenvalue weighted by Crippen LogP contribution is 2.32. The van der Waals surface area contributed by atoms with Crippen molar-refractivity contribution in [3.63, 3.8) is 0 Å². The van der Waals surface area contributed by atoms with Crippen LogP contribution in [0, 0.1) is 0 Å². The molecule has 0 saturated heterocycles. The van der Waals surface area contributed by atoms with Gasteiger partial charge in [0.1, 0.15) is 11.4 Å². The Balaban J connectivity index is 2.98. The highest BCUT2D eigenvalue weighted by atomic mass is 35.5. The minimum Gasteiger partial charge on any atom is -0.465 e. The highest BCUT2D eigenvalue weighted by Gasteiger charge is 2.23. The number of nitrogens with one attached hydrogen (secondary N) is 1. The second-order valence-corrected chi connectivity index (χ2v) is 6.28. The summed E-state index contributed by atoms with van der Waals surface area (Å²) in [6, 6.07) is 2.49. The summed E-state index contributed by atoms with van der Waals surface area (Å²) in [6.45, 7) is 1.26. The third-order valence-corrected chi connectivity index (χ3v) is 4.48. The summed E-state index contributed by atoms with van der Waals surface area (Å²) < 4.78 is 30.6. The smallest absolute Gasteiger partial charge is 0.321 e. The van der Waals surface area contributed by atoms with E-state index in [9.17, 15) is 13.2 Å². The lowest BCUT2D eigenvalue weighted by Crippen LogP contribution is -2.31. The maximum absolute atomic E-state index is 12.0. The molecular formula is C10H10Cl3NO4S. The molecule has 0 radical (unpaired) electrons. The first kappa shape index (κ1) is 16.5. The average molecular weight is 347 g/mol. The van der Waals surface area contributed by atoms with Crippen molar-refractivity contribution in [3.05, 3.63) is 27.2 Å². The molecule has 9 heteroatoms. The number of halogens is 3. The number of hydrogen-bond donors (Lipinski definition) is 1. The molecule has 0 atom stereocenters. The highest BCUT2D eigenvalue weighted by molar-refractivity contribution is 7.89. The third kappa shape index (κ3) is 4.50. The third-order valence-electron chi connectivity index (χ3n) is 1.94. The molecule has 1 N–H and O–H groups in total. The van der Waals surface area contributed by atoms with Crippen molar-refractivity contribution in [2.45, 2.75) is 11.8 Å². The van der Waals surface area contributed by atoms with Gasteiger partial charge in [-0.2, -0.15) is 4.72 Å². The Morgan fingerprint density at radius 1 is 1.26 bits per heavy atom. The van der Waals surface area contributed by atoms with Gasteiger partial charge in [-0.15, -0.1) is 0 Å². The van der Waals surface area contributed by atoms with E-state index in [4.69, 9.17) is 34.8 Å². The van der Waals surface area contributed by atoms with Crippen molar-refractivity contribution in [1.82, 2.24) is 4.72 Å². The summed E-state index contributed by atoms with van der Waals surface area (Å²) >= 11 is 17.3. The summed E-state index contributed by atoms with van der Waals surface area (Å²) in [5.41, 5.74) is 0. The van der Waals surface area contributed by atoms with Crippen molar-refractivity contribution in [2.75, 3.05) is 13.2 Å². The lowest BCUT2D eigenvalue weighted by atomic mass is 10.4. The van der Waals surface area contributed by atoms with Gasteiger partial charge in [0, 0.05) is 5.02 Å². The van der Waals surface area contributed by atoms with Gasteiger partial charge in [-0.1, -0.05) is 34.8 Å². The summed E-state index contributed by atoms with van der Waals surface area (Å²) in [5.74, 6) is -0.702. The fourth-order valence-electron chi connectivity index (χ4n) is 1.22. The van der Waals surface area contributed by atoms with Crippen LogP contribution in [-0.2, 0) is 19.6 Å². The normalized spacial score (nSPS) is 11.4. The van der Waals surface area contributed by atoms with Crippen molar-refractivity contribution < 1.29 is 17.9 Å². The number of rotatable bonds is 5. The van der Waals surface area contributed by atoms with Crippen LogP contribution in [0.2, 0.25) is 15.1 Å². The molecule has 0 aliphatic carbocycles. The number of benzene rings is 1. The second-order valence-electron chi connectivity index (χ2n) is 3.33. The van der Waals surface area contributed by atoms with Crippen LogP contribution in [0.15, 0.2) is 17.0 Å². The van der Waals surface area contributed by atoms with Crippen molar-refractivity contribution >= 4 is 50.8 Å². The van der Waals surface area contributed by atoms with E-state index in [0.29, 0.717) is 0 Å². The van der Waals surface area contributed by atoms with E-state index in [0.717, 1.165) is 0 Å². The van der Waals surface area contributed by atoms with Crippen LogP contribution in [0.25, 0.3) is 0 Å². The molecular weight excluding hydrogens is 337 g/mol. The molecule has 0 amide bonds. The van der Waals surface area contributed by atoms with Crippen LogP contribution in [-0.4, -0.2) is 27.5 Å². The minimum absolute atomic E-state index is 0.131. The van der Waals surface area contributed by atoms with E-state index in [-0.39, 0.29) is 26.6 Å². The Kier molecular flexibility index (Phi) is 5.88. The van der Waals surface area contributed by atoms with Crippen molar-refractivity contribution in [2.24, 2.45) is 0 Å². The van der Waals surface area contributed by atoms with Gasteiger partial charge in [0.2, 0.25) is 10.0 Å². The molecule has 0 aliphatic rings. The SMILES string of the molecule is CCOC(=O)CNS(=O)(=O)c1c(Cl)cc(Cl)cc1Cl. The Hall–Kier alpha value is -0.530. The van der Waals surface area contributed by atoms with E-state index >= 15 is 0 Å². The standard InChI is InChI=1S/C10H10Cl3NO4S/c1-2-18-9(15)5-14-19(16,17)10-7(12)3-6(11)4-8(10)13/h3-4,14H,2,5H2,1H3. The zero-order chi connectivity index (χ0) is 14.6. The van der Waals surface area contributed by atoms with E-state index in [1.807, 2.05) is 4.72 Å². The molecule has 0 unspecified atom stereocenters. The van der Waals surface area contributed by atoms with E-state index < -0.39 is 22.5 Å². The van der Waals surface area contributed by atoms with Crippen LogP contribution < -0.4 is 4.72 Å². The summed E-state index contributed by atoms with van der Waals surface area (Å²) in [4.78, 5) is 10.8. The molecule has 0 aromatic heterocycles. The first-order valence-electron chi connectivity index (χ1n) is 5.07. The zero-order valence-electron chi connectivity index (χ0n) is 9.74. The lowest BCUT2D eigenvalue weighted by molar-refractivity contribution is -0.141. The topological polar surface area (TPSA) is 72.5 Å². The van der Waals surface area contributed by atoms with Gasteiger partial charge >= 0.3 is 5.97 Å². The molecule has 5 nitrogen and oxygen atoms in total. The Bertz CT molecular complexity index is 565. The molecule has 0 bridgehead atoms. The van der Waals surface area contributed by atoms with Crippen LogP contribution in [0.5, 0.6) is 0 Å². The Morgan fingerprint density at radius 3 is 2.26 bits per heavy atom. The zero-order valence-corrected chi connectivity index (χ0v) is 12.8. The summed E-state index contributed by atoms with van der Waals surface area (Å²) in [5, 5.41) is -0.0536. The van der Waals surface area contributed by atoms with Crippen molar-refractivity contribution in [1.29, 1.82) is 0 Å². The van der Waals surface area contributed by atoms with Gasteiger partial charge in [0.25, 0.3) is 0 Å². The van der Waals surface area contributed by atoms with Gasteiger partial charge in [-0.25, -0.2) is 8.42 Å². The number of sulfonamides is 1. The van der Waals surface area contributed by atoms with Crippen LogP contribution in [0.3, 0.4) is 0 Å². The predicted octanol–water partition coefficient (Wildman–Crippen LogP) is 2.49. The van der Waals surface area contributed by atoms with E-state index in [1.165, 1.54) is 12.1 Å². The molecule has 1 aromatic rings. The van der Waals surface area contributed by atoms with Gasteiger partial charge in [0.05, 0.1) is 16.7 Å². The van der Waals surface area contributed by atoms with E-state index in [1.54, 1.807) is 6.92 Å². The van der Waals surface area contributed by atoms with Gasteiger partial charge in [-0.3, -0.25) is 4.79 Å². The van der Waals surface area contributed by atoms with Crippen LogP contribution >= 0.6 is 34.8 Å². The molecule has 0 aliphatic heterocycles. The molecule has 1 rings (SSSR count). The molecule has 0 spiro atoms. The quantitative estimate of drug-likeness (QED) is 0.831. The summed E-state index contributed by atoms with van der Waals surface area (Å²) in [7, 11) is -4.03. The Morgan fingerprint density at radius 2 is 1.79 bits per heavy atom. The minimum atomic E-state index is -4.03. The van der Waals surface area contributed by atoms with Gasteiger partial charge < -0.3 is 4.74 Å². The number of carbonyl (C=O) groups is 1. The molecule has 1 aromatic carbocycles. The van der Waals surface area contributed by atoms with Crippen LogP contribution in [0.4, 0.5) is 0 Å². The molecule has 0 heterocycles. The second kappa shape index (κ2) is 6.76. The fraction of sp³-hybridized carbons (Fsp3) is 0.300. The molecule has 19 heavy (non-hydrogen) atoms. The number of carbonyl (C=O) groups excluding carboxylic acids is 1. The fourth-order valence-corrected chi connectivity index (χ4v) is 3.73. The average Bonchev–Trinajstić information content (AvgIpc) is 2.25. The Labute approximate surface area is 125 Å². The monoisotopic (exact) mass is 345 g/mol. The molecule has 0 fully saturated rings. The maximum Gasteiger partial charge on any atom is 0.321 e. The number of ether oxygens (including phenoxy) is 1. The van der Waals surface area contributed by atoms with Gasteiger partial charge in [-0.05, 0) is 19.1 Å². The summed E-state index contributed by atoms with van der Waals surface area (Å²) in [6.07, 6.45) is 0. The van der Waals surface area contributed by atoms with Crippen LogP contribution in [0.1, 0.15) is 6.92 Å². The van der Waals surface area contributed by atoms with Gasteiger partial charge in [0.15, 0.2) is 0 Å². The van der Waals surface area contributed by atoms with E-state index in [2.05, 4.69) is 4.74 Å². The lowest BCUT2D eigenvalue weighted by Gasteiger charge is -2.10. The maximum atomic E-state index is 12.0.